The summed E-state index contributed by atoms with van der Waals surface area (Å²) in [6, 6.07) is 0.194. The summed E-state index contributed by atoms with van der Waals surface area (Å²) in [5.74, 6) is 1.14. The van der Waals surface area contributed by atoms with Crippen molar-refractivity contribution in [2.24, 2.45) is 46.3 Å². The summed E-state index contributed by atoms with van der Waals surface area (Å²) in [7, 11) is 0. The molecule has 1 amide bonds. The van der Waals surface area contributed by atoms with Crippen LogP contribution in [-0.4, -0.2) is 45.4 Å². The SMILES string of the molecule is CCCCCCCCCCCCCCCCCCCC(=O)NC1CCC2(C)C(C1)CC(O)C1C2CC(O)C2(C)C(C(C)CCC(=O)O)CCC12. The van der Waals surface area contributed by atoms with E-state index in [1.807, 2.05) is 0 Å². The van der Waals surface area contributed by atoms with Gasteiger partial charge in [-0.2, -0.15) is 0 Å². The molecule has 4 saturated carbocycles. The largest absolute Gasteiger partial charge is 0.481 e. The molecule has 0 heterocycles. The van der Waals surface area contributed by atoms with Crippen LogP contribution in [0.25, 0.3) is 0 Å². The van der Waals surface area contributed by atoms with Crippen LogP contribution >= 0.6 is 0 Å². The van der Waals surface area contributed by atoms with Crippen molar-refractivity contribution >= 4 is 11.9 Å². The third-order valence-corrected chi connectivity index (χ3v) is 15.2. The molecule has 50 heavy (non-hydrogen) atoms. The molecule has 0 aromatic heterocycles. The molecule has 4 aliphatic rings. The first kappa shape index (κ1) is 41.6. The molecule has 0 aromatic rings. The van der Waals surface area contributed by atoms with Gasteiger partial charge in [0.25, 0.3) is 0 Å². The highest BCUT2D eigenvalue weighted by molar-refractivity contribution is 5.76. The Balaban J connectivity index is 1.10. The summed E-state index contributed by atoms with van der Waals surface area (Å²) >= 11 is 0. The summed E-state index contributed by atoms with van der Waals surface area (Å²) in [6.07, 6.45) is 30.1. The maximum Gasteiger partial charge on any atom is 0.303 e. The van der Waals surface area contributed by atoms with E-state index in [2.05, 4.69) is 33.0 Å². The molecule has 11 atom stereocenters. The van der Waals surface area contributed by atoms with E-state index in [1.165, 1.54) is 96.3 Å². The van der Waals surface area contributed by atoms with Crippen molar-refractivity contribution in [1.82, 2.24) is 5.32 Å². The van der Waals surface area contributed by atoms with Crippen molar-refractivity contribution in [2.45, 2.75) is 219 Å². The number of aliphatic carboxylic acids is 1. The average Bonchev–Trinajstić information content (AvgIpc) is 3.44. The minimum atomic E-state index is -0.746. The molecule has 6 nitrogen and oxygen atoms in total. The van der Waals surface area contributed by atoms with E-state index in [4.69, 9.17) is 0 Å². The number of hydrogen-bond acceptors (Lipinski definition) is 4. The fraction of sp³-hybridized carbons (Fsp3) is 0.955. The molecule has 4 N–H and O–H groups in total. The second-order valence-electron chi connectivity index (χ2n) is 18.5. The Hall–Kier alpha value is -1.14. The molecule has 0 bridgehead atoms. The number of rotatable bonds is 23. The summed E-state index contributed by atoms with van der Waals surface area (Å²) < 4.78 is 0. The zero-order valence-electron chi connectivity index (χ0n) is 32.9. The van der Waals surface area contributed by atoms with Gasteiger partial charge in [-0.1, -0.05) is 130 Å². The number of carbonyl (C=O) groups is 2. The zero-order chi connectivity index (χ0) is 36.1. The van der Waals surface area contributed by atoms with Crippen LogP contribution in [0.4, 0.5) is 0 Å². The number of aliphatic hydroxyl groups is 2. The molecule has 290 valence electrons. The third-order valence-electron chi connectivity index (χ3n) is 15.2. The number of amides is 1. The lowest BCUT2D eigenvalue weighted by Crippen LogP contribution is -2.63. The second kappa shape index (κ2) is 20.4. The number of carbonyl (C=O) groups excluding carboxylic acids is 1. The van der Waals surface area contributed by atoms with Gasteiger partial charge in [-0.15, -0.1) is 0 Å². The predicted octanol–water partition coefficient (Wildman–Crippen LogP) is 10.6. The van der Waals surface area contributed by atoms with E-state index in [-0.39, 0.29) is 53.1 Å². The van der Waals surface area contributed by atoms with Gasteiger partial charge in [-0.3, -0.25) is 9.59 Å². The van der Waals surface area contributed by atoms with Gasteiger partial charge in [0.05, 0.1) is 12.2 Å². The molecule has 11 unspecified atom stereocenters. The first-order valence-corrected chi connectivity index (χ1v) is 21.9. The van der Waals surface area contributed by atoms with Gasteiger partial charge in [0.15, 0.2) is 0 Å². The van der Waals surface area contributed by atoms with Gasteiger partial charge in [0.2, 0.25) is 5.91 Å². The number of hydrogen-bond donors (Lipinski definition) is 4. The normalized spacial score (nSPS) is 35.6. The first-order chi connectivity index (χ1) is 24.0. The fourth-order valence-electron chi connectivity index (χ4n) is 12.1. The van der Waals surface area contributed by atoms with Crippen LogP contribution in [0.1, 0.15) is 201 Å². The quantitative estimate of drug-likeness (QED) is 0.0794. The summed E-state index contributed by atoms with van der Waals surface area (Å²) in [4.78, 5) is 24.2. The first-order valence-electron chi connectivity index (χ1n) is 21.9. The van der Waals surface area contributed by atoms with E-state index < -0.39 is 12.1 Å². The maximum atomic E-state index is 13.0. The lowest BCUT2D eigenvalue weighted by Gasteiger charge is -2.63. The van der Waals surface area contributed by atoms with Crippen LogP contribution in [0.5, 0.6) is 0 Å². The Labute approximate surface area is 307 Å². The van der Waals surface area contributed by atoms with Gasteiger partial charge in [-0.05, 0) is 104 Å². The lowest BCUT2D eigenvalue weighted by atomic mass is 9.43. The number of carboxylic acid groups (broad SMARTS) is 1. The summed E-state index contributed by atoms with van der Waals surface area (Å²) in [5.41, 5.74) is -0.186. The molecule has 6 heteroatoms. The van der Waals surface area contributed by atoms with Gasteiger partial charge in [0.1, 0.15) is 0 Å². The van der Waals surface area contributed by atoms with Crippen LogP contribution in [0.2, 0.25) is 0 Å². The minimum Gasteiger partial charge on any atom is -0.481 e. The fourth-order valence-corrected chi connectivity index (χ4v) is 12.1. The van der Waals surface area contributed by atoms with Crippen molar-refractivity contribution in [1.29, 1.82) is 0 Å². The molecular formula is C44H79NO5. The van der Waals surface area contributed by atoms with Crippen molar-refractivity contribution in [3.63, 3.8) is 0 Å². The highest BCUT2D eigenvalue weighted by Crippen LogP contribution is 2.68. The van der Waals surface area contributed by atoms with E-state index in [0.29, 0.717) is 30.6 Å². The number of carboxylic acids is 1. The molecular weight excluding hydrogens is 622 g/mol. The van der Waals surface area contributed by atoms with Crippen LogP contribution in [0.3, 0.4) is 0 Å². The van der Waals surface area contributed by atoms with E-state index >= 15 is 0 Å². The molecule has 0 aromatic carbocycles. The Morgan fingerprint density at radius 3 is 1.84 bits per heavy atom. The average molecular weight is 702 g/mol. The highest BCUT2D eigenvalue weighted by atomic mass is 16.4. The number of fused-ring (bicyclic) bond motifs is 5. The molecule has 0 spiro atoms. The molecule has 4 aliphatic carbocycles. The van der Waals surface area contributed by atoms with Gasteiger partial charge >= 0.3 is 5.97 Å². The highest BCUT2D eigenvalue weighted by Gasteiger charge is 2.65. The lowest BCUT2D eigenvalue weighted by molar-refractivity contribution is -0.202. The van der Waals surface area contributed by atoms with Gasteiger partial charge in [-0.25, -0.2) is 0 Å². The van der Waals surface area contributed by atoms with E-state index in [9.17, 15) is 24.9 Å². The van der Waals surface area contributed by atoms with Crippen molar-refractivity contribution in [3.05, 3.63) is 0 Å². The Morgan fingerprint density at radius 1 is 0.720 bits per heavy atom. The van der Waals surface area contributed by atoms with Crippen molar-refractivity contribution < 1.29 is 24.9 Å². The standard InChI is InChI=1S/C44H79NO5/c1-5-6-7-8-9-10-11-12-13-14-15-16-17-18-19-20-21-22-40(48)45-34-27-28-43(3)33(29-34)30-38(46)42-36-25-24-35(32(2)23-26-41(49)50)44(36,4)39(47)31-37(42)43/h32-39,42,46-47H,5-31H2,1-4H3,(H,45,48)(H,49,50). The third kappa shape index (κ3) is 10.7. The van der Waals surface area contributed by atoms with E-state index in [1.54, 1.807) is 0 Å². The van der Waals surface area contributed by atoms with Crippen LogP contribution in [0.15, 0.2) is 0 Å². The Kier molecular flexibility index (Phi) is 16.9. The molecule has 0 saturated heterocycles. The predicted molar refractivity (Wildman–Crippen MR) is 205 cm³/mol. The number of unbranched alkanes of at least 4 members (excludes halogenated alkanes) is 16. The summed E-state index contributed by atoms with van der Waals surface area (Å²) in [6.45, 7) is 9.13. The molecule has 0 radical (unpaired) electrons. The molecule has 4 rings (SSSR count). The van der Waals surface area contributed by atoms with Crippen LogP contribution in [0, 0.1) is 46.3 Å². The van der Waals surface area contributed by atoms with Crippen LogP contribution < -0.4 is 5.32 Å². The van der Waals surface area contributed by atoms with Crippen molar-refractivity contribution in [3.8, 4) is 0 Å². The second-order valence-corrected chi connectivity index (χ2v) is 18.5. The number of nitrogens with one attached hydrogen (secondary N) is 1. The Bertz CT molecular complexity index is 1020. The minimum absolute atomic E-state index is 0.0774. The van der Waals surface area contributed by atoms with Crippen molar-refractivity contribution in [2.75, 3.05) is 0 Å². The van der Waals surface area contributed by atoms with E-state index in [0.717, 1.165) is 57.8 Å². The monoisotopic (exact) mass is 702 g/mol. The topological polar surface area (TPSA) is 107 Å². The van der Waals surface area contributed by atoms with Crippen LogP contribution in [-0.2, 0) is 9.59 Å². The molecule has 4 fully saturated rings. The van der Waals surface area contributed by atoms with Gasteiger partial charge < -0.3 is 20.6 Å². The summed E-state index contributed by atoms with van der Waals surface area (Å²) in [5, 5.41) is 36.2. The number of aliphatic hydroxyl groups excluding tert-OH is 2. The zero-order valence-corrected chi connectivity index (χ0v) is 32.9. The Morgan fingerprint density at radius 2 is 1.28 bits per heavy atom. The smallest absolute Gasteiger partial charge is 0.303 e. The maximum absolute atomic E-state index is 13.0. The molecule has 0 aliphatic heterocycles. The van der Waals surface area contributed by atoms with Gasteiger partial charge in [0, 0.05) is 18.9 Å².